The second-order valence-electron chi connectivity index (χ2n) is 5.43. The number of nitrogens with one attached hydrogen (secondary N) is 2. The molecule has 0 radical (unpaired) electrons. The smallest absolute Gasteiger partial charge is 0.248 e. The number of tetrazole rings is 1. The highest BCUT2D eigenvalue weighted by Gasteiger charge is 2.20. The van der Waals surface area contributed by atoms with Crippen molar-refractivity contribution >= 4 is 17.5 Å². The molecule has 0 spiro atoms. The molecular weight excluding hydrogens is 320 g/mol. The number of aromatic nitrogens is 6. The monoisotopic (exact) mass is 340 g/mol. The number of hydrogen-bond acceptors (Lipinski definition) is 6. The molecule has 2 aromatic heterocycles. The number of amides is 1. The Kier molecular flexibility index (Phi) is 5.03. The van der Waals surface area contributed by atoms with E-state index in [1.54, 1.807) is 21.8 Å². The van der Waals surface area contributed by atoms with Crippen LogP contribution < -0.4 is 10.6 Å². The minimum absolute atomic E-state index is 0.166. The van der Waals surface area contributed by atoms with E-state index < -0.39 is 6.04 Å². The predicted molar refractivity (Wildman–Crippen MR) is 93.4 cm³/mol. The van der Waals surface area contributed by atoms with Crippen LogP contribution in [-0.2, 0) is 11.3 Å². The van der Waals surface area contributed by atoms with Gasteiger partial charge in [0.25, 0.3) is 0 Å². The number of hydrogen-bond donors (Lipinski definition) is 2. The van der Waals surface area contributed by atoms with Crippen molar-refractivity contribution in [2.24, 2.45) is 0 Å². The minimum Gasteiger partial charge on any atom is -0.341 e. The summed E-state index contributed by atoms with van der Waals surface area (Å²) in [5, 5.41) is 21.8. The second-order valence-corrected chi connectivity index (χ2v) is 5.43. The number of rotatable bonds is 7. The molecule has 0 saturated carbocycles. The molecular formula is C16H20N8O. The molecule has 1 unspecified atom stereocenters. The van der Waals surface area contributed by atoms with Crippen LogP contribution in [0.1, 0.15) is 20.3 Å². The average Bonchev–Trinajstić information content (AvgIpc) is 3.29. The summed E-state index contributed by atoms with van der Waals surface area (Å²) in [6, 6.07) is 9.02. The van der Waals surface area contributed by atoms with Gasteiger partial charge in [0.1, 0.15) is 6.04 Å². The normalized spacial score (nSPS) is 11.9. The van der Waals surface area contributed by atoms with Gasteiger partial charge in [-0.15, -0.1) is 0 Å². The number of carbonyl (C=O) groups excluding carboxylic acids is 1. The highest BCUT2D eigenvalue weighted by atomic mass is 16.2. The molecule has 130 valence electrons. The first kappa shape index (κ1) is 16.6. The molecule has 2 heterocycles. The molecule has 3 aromatic rings. The highest BCUT2D eigenvalue weighted by Crippen LogP contribution is 2.13. The first-order valence-corrected chi connectivity index (χ1v) is 8.15. The molecule has 2 N–H and O–H groups in total. The molecule has 0 aliphatic rings. The number of para-hydroxylation sites is 1. The molecule has 9 nitrogen and oxygen atoms in total. The van der Waals surface area contributed by atoms with Crippen molar-refractivity contribution < 1.29 is 4.79 Å². The number of aryl methyl sites for hydroxylation is 1. The van der Waals surface area contributed by atoms with Gasteiger partial charge in [-0.3, -0.25) is 9.48 Å². The standard InChI is InChI=1S/C16H20N8O/c1-3-14(15(25)18-12-10-17-23(4-2)11-12)19-16-20-21-22-24(16)13-8-6-5-7-9-13/h5-11,14H,3-4H2,1-2H3,(H,18,25)(H,19,20,22). The predicted octanol–water partition coefficient (Wildman–Crippen LogP) is 1.71. The Balaban J connectivity index is 1.72. The van der Waals surface area contributed by atoms with E-state index in [4.69, 9.17) is 0 Å². The van der Waals surface area contributed by atoms with Crippen LogP contribution in [0.25, 0.3) is 5.69 Å². The molecule has 0 aliphatic carbocycles. The number of nitrogens with zero attached hydrogens (tertiary/aromatic N) is 6. The van der Waals surface area contributed by atoms with Crippen LogP contribution in [0, 0.1) is 0 Å². The van der Waals surface area contributed by atoms with Crippen molar-refractivity contribution in [1.29, 1.82) is 0 Å². The summed E-state index contributed by atoms with van der Waals surface area (Å²) in [7, 11) is 0. The summed E-state index contributed by atoms with van der Waals surface area (Å²) in [6.07, 6.45) is 4.00. The van der Waals surface area contributed by atoms with Crippen LogP contribution in [-0.4, -0.2) is 41.9 Å². The second kappa shape index (κ2) is 7.56. The van der Waals surface area contributed by atoms with Crippen LogP contribution >= 0.6 is 0 Å². The van der Waals surface area contributed by atoms with Crippen LogP contribution in [0.3, 0.4) is 0 Å². The van der Waals surface area contributed by atoms with Gasteiger partial charge in [-0.1, -0.05) is 30.2 Å². The number of carbonyl (C=O) groups is 1. The van der Waals surface area contributed by atoms with E-state index in [9.17, 15) is 4.79 Å². The van der Waals surface area contributed by atoms with Crippen molar-refractivity contribution in [3.63, 3.8) is 0 Å². The zero-order valence-corrected chi connectivity index (χ0v) is 14.1. The largest absolute Gasteiger partial charge is 0.341 e. The lowest BCUT2D eigenvalue weighted by Gasteiger charge is -2.16. The summed E-state index contributed by atoms with van der Waals surface area (Å²) in [5.74, 6) is 0.248. The van der Waals surface area contributed by atoms with Crippen LogP contribution in [0.5, 0.6) is 0 Å². The molecule has 25 heavy (non-hydrogen) atoms. The molecule has 9 heteroatoms. The molecule has 1 atom stereocenters. The van der Waals surface area contributed by atoms with E-state index in [1.807, 2.05) is 44.2 Å². The molecule has 0 fully saturated rings. The van der Waals surface area contributed by atoms with Gasteiger partial charge in [-0.2, -0.15) is 9.78 Å². The van der Waals surface area contributed by atoms with Crippen molar-refractivity contribution in [2.45, 2.75) is 32.9 Å². The molecule has 3 rings (SSSR count). The van der Waals surface area contributed by atoms with Gasteiger partial charge in [0, 0.05) is 12.7 Å². The number of benzene rings is 1. The third-order valence-electron chi connectivity index (χ3n) is 3.72. The zero-order valence-electron chi connectivity index (χ0n) is 14.1. The third-order valence-corrected chi connectivity index (χ3v) is 3.72. The lowest BCUT2D eigenvalue weighted by molar-refractivity contribution is -0.117. The Morgan fingerprint density at radius 2 is 2.04 bits per heavy atom. The van der Waals surface area contributed by atoms with Gasteiger partial charge in [0.05, 0.1) is 17.6 Å². The van der Waals surface area contributed by atoms with Crippen LogP contribution in [0.4, 0.5) is 11.6 Å². The van der Waals surface area contributed by atoms with Crippen molar-refractivity contribution in [3.05, 3.63) is 42.7 Å². The Bertz CT molecular complexity index is 826. The summed E-state index contributed by atoms with van der Waals surface area (Å²) >= 11 is 0. The quantitative estimate of drug-likeness (QED) is 0.679. The maximum Gasteiger partial charge on any atom is 0.248 e. The first-order valence-electron chi connectivity index (χ1n) is 8.15. The number of anilines is 2. The maximum atomic E-state index is 12.5. The molecule has 1 aromatic carbocycles. The maximum absolute atomic E-state index is 12.5. The SMILES string of the molecule is CCC(Nc1nnnn1-c1ccccc1)C(=O)Nc1cnn(CC)c1. The Hall–Kier alpha value is -3.23. The molecule has 0 aliphatic heterocycles. The van der Waals surface area contributed by atoms with Crippen LogP contribution in [0.15, 0.2) is 42.7 Å². The fraction of sp³-hybridized carbons (Fsp3) is 0.312. The van der Waals surface area contributed by atoms with Crippen molar-refractivity contribution in [3.8, 4) is 5.69 Å². The van der Waals surface area contributed by atoms with E-state index in [2.05, 4.69) is 31.3 Å². The van der Waals surface area contributed by atoms with E-state index in [0.717, 1.165) is 12.2 Å². The van der Waals surface area contributed by atoms with Gasteiger partial charge in [-0.25, -0.2) is 0 Å². The summed E-state index contributed by atoms with van der Waals surface area (Å²) in [4.78, 5) is 12.5. The molecule has 1 amide bonds. The fourth-order valence-electron chi connectivity index (χ4n) is 2.36. The van der Waals surface area contributed by atoms with Gasteiger partial charge < -0.3 is 10.6 Å². The summed E-state index contributed by atoms with van der Waals surface area (Å²) in [5.41, 5.74) is 1.48. The van der Waals surface area contributed by atoms with E-state index in [0.29, 0.717) is 18.1 Å². The van der Waals surface area contributed by atoms with Crippen molar-refractivity contribution in [1.82, 2.24) is 30.0 Å². The average molecular weight is 340 g/mol. The van der Waals surface area contributed by atoms with E-state index in [-0.39, 0.29) is 5.91 Å². The van der Waals surface area contributed by atoms with Gasteiger partial charge in [0.2, 0.25) is 11.9 Å². The van der Waals surface area contributed by atoms with Gasteiger partial charge >= 0.3 is 0 Å². The minimum atomic E-state index is -0.474. The zero-order chi connectivity index (χ0) is 17.6. The summed E-state index contributed by atoms with van der Waals surface area (Å²) < 4.78 is 3.31. The first-order chi connectivity index (χ1) is 12.2. The summed E-state index contributed by atoms with van der Waals surface area (Å²) in [6.45, 7) is 4.65. The molecule has 0 bridgehead atoms. The van der Waals surface area contributed by atoms with Gasteiger partial charge in [-0.05, 0) is 35.9 Å². The lowest BCUT2D eigenvalue weighted by atomic mass is 10.2. The Labute approximate surface area is 145 Å². The van der Waals surface area contributed by atoms with Crippen LogP contribution in [0.2, 0.25) is 0 Å². The molecule has 0 saturated heterocycles. The van der Waals surface area contributed by atoms with Gasteiger partial charge in [0.15, 0.2) is 0 Å². The Morgan fingerprint density at radius 1 is 1.24 bits per heavy atom. The fourth-order valence-corrected chi connectivity index (χ4v) is 2.36. The van der Waals surface area contributed by atoms with E-state index >= 15 is 0 Å². The third kappa shape index (κ3) is 3.82. The van der Waals surface area contributed by atoms with E-state index in [1.165, 1.54) is 0 Å². The Morgan fingerprint density at radius 3 is 2.72 bits per heavy atom. The highest BCUT2D eigenvalue weighted by molar-refractivity contribution is 5.96. The lowest BCUT2D eigenvalue weighted by Crippen LogP contribution is -2.35. The van der Waals surface area contributed by atoms with Crippen molar-refractivity contribution in [2.75, 3.05) is 10.6 Å². The topological polar surface area (TPSA) is 103 Å².